The lowest BCUT2D eigenvalue weighted by Crippen LogP contribution is -2.50. The molecule has 0 bridgehead atoms. The highest BCUT2D eigenvalue weighted by Crippen LogP contribution is 2.19. The Morgan fingerprint density at radius 3 is 2.17 bits per heavy atom. The predicted octanol–water partition coefficient (Wildman–Crippen LogP) is 4.58. The van der Waals surface area contributed by atoms with Gasteiger partial charge in [-0.25, -0.2) is 0 Å². The Bertz CT molecular complexity index is 1010. The summed E-state index contributed by atoms with van der Waals surface area (Å²) in [5, 5.41) is 2.61. The molecule has 2 amide bonds. The van der Waals surface area contributed by atoms with Gasteiger partial charge in [0, 0.05) is 47.2 Å². The van der Waals surface area contributed by atoms with E-state index in [0.29, 0.717) is 54.7 Å². The SMILES string of the molecule is O=C(c1ccc(Cl)cc1)N1CCN(C(=O)c2cccc(OCc3cccs3)c2)CC1. The van der Waals surface area contributed by atoms with Crippen LogP contribution in [0.25, 0.3) is 0 Å². The molecule has 0 unspecified atom stereocenters. The molecule has 0 radical (unpaired) electrons. The minimum absolute atomic E-state index is 0.0391. The first kappa shape index (κ1) is 20.4. The molecule has 0 spiro atoms. The fourth-order valence-electron chi connectivity index (χ4n) is 3.34. The average Bonchev–Trinajstić information content (AvgIpc) is 3.31. The largest absolute Gasteiger partial charge is 0.488 e. The van der Waals surface area contributed by atoms with Crippen molar-refractivity contribution in [1.29, 1.82) is 0 Å². The zero-order chi connectivity index (χ0) is 20.9. The summed E-state index contributed by atoms with van der Waals surface area (Å²) >= 11 is 7.53. The van der Waals surface area contributed by atoms with Gasteiger partial charge in [-0.15, -0.1) is 11.3 Å². The molecule has 4 rings (SSSR count). The van der Waals surface area contributed by atoms with E-state index in [1.807, 2.05) is 29.6 Å². The molecule has 1 aromatic heterocycles. The highest BCUT2D eigenvalue weighted by atomic mass is 35.5. The van der Waals surface area contributed by atoms with Crippen molar-refractivity contribution < 1.29 is 14.3 Å². The number of amides is 2. The van der Waals surface area contributed by atoms with E-state index in [0.717, 1.165) is 4.88 Å². The molecule has 0 atom stereocenters. The van der Waals surface area contributed by atoms with Gasteiger partial charge in [-0.05, 0) is 53.9 Å². The van der Waals surface area contributed by atoms with Crippen LogP contribution in [-0.4, -0.2) is 47.8 Å². The van der Waals surface area contributed by atoms with Crippen molar-refractivity contribution in [2.75, 3.05) is 26.2 Å². The average molecular weight is 441 g/mol. The summed E-state index contributed by atoms with van der Waals surface area (Å²) < 4.78 is 5.81. The summed E-state index contributed by atoms with van der Waals surface area (Å²) in [5.41, 5.74) is 1.20. The molecule has 0 N–H and O–H groups in total. The van der Waals surface area contributed by atoms with E-state index in [1.165, 1.54) is 0 Å². The summed E-state index contributed by atoms with van der Waals surface area (Å²) in [6.07, 6.45) is 0. The number of hydrogen-bond donors (Lipinski definition) is 0. The van der Waals surface area contributed by atoms with Crippen LogP contribution in [0.15, 0.2) is 66.0 Å². The van der Waals surface area contributed by atoms with Crippen LogP contribution >= 0.6 is 22.9 Å². The van der Waals surface area contributed by atoms with Crippen molar-refractivity contribution in [3.63, 3.8) is 0 Å². The summed E-state index contributed by atoms with van der Waals surface area (Å²) in [4.78, 5) is 30.2. The molecule has 1 aliphatic rings. The van der Waals surface area contributed by atoms with Crippen LogP contribution in [0.5, 0.6) is 5.75 Å². The monoisotopic (exact) mass is 440 g/mol. The van der Waals surface area contributed by atoms with Gasteiger partial charge in [0.25, 0.3) is 11.8 Å². The molecule has 0 saturated carbocycles. The quantitative estimate of drug-likeness (QED) is 0.583. The van der Waals surface area contributed by atoms with Crippen LogP contribution in [0.1, 0.15) is 25.6 Å². The van der Waals surface area contributed by atoms with E-state index in [9.17, 15) is 9.59 Å². The summed E-state index contributed by atoms with van der Waals surface area (Å²) in [6, 6.07) is 18.1. The normalized spacial score (nSPS) is 13.9. The van der Waals surface area contributed by atoms with Gasteiger partial charge in [-0.1, -0.05) is 23.7 Å². The number of nitrogens with zero attached hydrogens (tertiary/aromatic N) is 2. The molecule has 0 aliphatic carbocycles. The van der Waals surface area contributed by atoms with E-state index in [2.05, 4.69) is 0 Å². The number of halogens is 1. The minimum atomic E-state index is -0.0461. The summed E-state index contributed by atoms with van der Waals surface area (Å²) in [7, 11) is 0. The Morgan fingerprint density at radius 2 is 1.53 bits per heavy atom. The van der Waals surface area contributed by atoms with E-state index in [-0.39, 0.29) is 11.8 Å². The molecule has 2 aromatic carbocycles. The number of benzene rings is 2. The second kappa shape index (κ2) is 9.32. The summed E-state index contributed by atoms with van der Waals surface area (Å²) in [5.74, 6) is 0.587. The Morgan fingerprint density at radius 1 is 0.867 bits per heavy atom. The Balaban J connectivity index is 1.34. The van der Waals surface area contributed by atoms with E-state index in [4.69, 9.17) is 16.3 Å². The zero-order valence-electron chi connectivity index (χ0n) is 16.3. The molecule has 1 saturated heterocycles. The number of carbonyl (C=O) groups is 2. The van der Waals surface area contributed by atoms with E-state index >= 15 is 0 Å². The standard InChI is InChI=1S/C23H21ClN2O3S/c24-19-8-6-17(7-9-19)22(27)25-10-12-26(13-11-25)23(28)18-3-1-4-20(15-18)29-16-21-5-2-14-30-21/h1-9,14-15H,10-13,16H2. The Kier molecular flexibility index (Phi) is 6.35. The van der Waals surface area contributed by atoms with Crippen LogP contribution in [0.2, 0.25) is 5.02 Å². The van der Waals surface area contributed by atoms with Crippen molar-refractivity contribution in [3.05, 3.63) is 87.1 Å². The third kappa shape index (κ3) is 4.83. The fraction of sp³-hybridized carbons (Fsp3) is 0.217. The van der Waals surface area contributed by atoms with Gasteiger partial charge in [-0.3, -0.25) is 9.59 Å². The highest BCUT2D eigenvalue weighted by molar-refractivity contribution is 7.09. The first-order valence-corrected chi connectivity index (χ1v) is 11.0. The van der Waals surface area contributed by atoms with Crippen molar-refractivity contribution in [2.24, 2.45) is 0 Å². The molecular weight excluding hydrogens is 420 g/mol. The molecule has 3 aromatic rings. The van der Waals surface area contributed by atoms with Gasteiger partial charge in [0.1, 0.15) is 12.4 Å². The maximum atomic E-state index is 12.9. The number of thiophene rings is 1. The van der Waals surface area contributed by atoms with Crippen molar-refractivity contribution in [3.8, 4) is 5.75 Å². The number of piperazine rings is 1. The van der Waals surface area contributed by atoms with Gasteiger partial charge in [0.15, 0.2) is 0 Å². The van der Waals surface area contributed by atoms with Crippen LogP contribution in [-0.2, 0) is 6.61 Å². The lowest BCUT2D eigenvalue weighted by molar-refractivity contribution is 0.0535. The third-order valence-corrected chi connectivity index (χ3v) is 6.09. The number of rotatable bonds is 5. The molecule has 5 nitrogen and oxygen atoms in total. The zero-order valence-corrected chi connectivity index (χ0v) is 17.9. The fourth-order valence-corrected chi connectivity index (χ4v) is 4.08. The van der Waals surface area contributed by atoms with Gasteiger partial charge >= 0.3 is 0 Å². The molecule has 1 fully saturated rings. The smallest absolute Gasteiger partial charge is 0.254 e. The van der Waals surface area contributed by atoms with E-state index in [1.54, 1.807) is 57.5 Å². The van der Waals surface area contributed by atoms with Crippen LogP contribution in [0, 0.1) is 0 Å². The molecule has 7 heteroatoms. The Labute approximate surface area is 184 Å². The second-order valence-electron chi connectivity index (χ2n) is 6.99. The van der Waals surface area contributed by atoms with Gasteiger partial charge in [-0.2, -0.15) is 0 Å². The molecule has 30 heavy (non-hydrogen) atoms. The first-order valence-electron chi connectivity index (χ1n) is 9.69. The molecular formula is C23H21ClN2O3S. The van der Waals surface area contributed by atoms with Crippen molar-refractivity contribution in [2.45, 2.75) is 6.61 Å². The topological polar surface area (TPSA) is 49.9 Å². The maximum Gasteiger partial charge on any atom is 0.254 e. The number of carbonyl (C=O) groups excluding carboxylic acids is 2. The predicted molar refractivity (Wildman–Crippen MR) is 118 cm³/mol. The summed E-state index contributed by atoms with van der Waals surface area (Å²) in [6.45, 7) is 2.49. The highest BCUT2D eigenvalue weighted by Gasteiger charge is 2.25. The van der Waals surface area contributed by atoms with Crippen LogP contribution < -0.4 is 4.74 Å². The molecule has 154 valence electrons. The lowest BCUT2D eigenvalue weighted by atomic mass is 10.1. The first-order chi connectivity index (χ1) is 14.6. The van der Waals surface area contributed by atoms with Gasteiger partial charge in [0.05, 0.1) is 0 Å². The molecule has 1 aliphatic heterocycles. The molecule has 2 heterocycles. The van der Waals surface area contributed by atoms with E-state index < -0.39 is 0 Å². The Hall–Kier alpha value is -2.83. The number of hydrogen-bond acceptors (Lipinski definition) is 4. The van der Waals surface area contributed by atoms with Crippen molar-refractivity contribution in [1.82, 2.24) is 9.80 Å². The number of ether oxygens (including phenoxy) is 1. The minimum Gasteiger partial charge on any atom is -0.488 e. The van der Waals surface area contributed by atoms with Crippen LogP contribution in [0.4, 0.5) is 0 Å². The maximum absolute atomic E-state index is 12.9. The van der Waals surface area contributed by atoms with Crippen LogP contribution in [0.3, 0.4) is 0 Å². The second-order valence-corrected chi connectivity index (χ2v) is 8.46. The van der Waals surface area contributed by atoms with Gasteiger partial charge < -0.3 is 14.5 Å². The third-order valence-electron chi connectivity index (χ3n) is 4.99. The van der Waals surface area contributed by atoms with Crippen molar-refractivity contribution >= 4 is 34.8 Å². The van der Waals surface area contributed by atoms with Gasteiger partial charge in [0.2, 0.25) is 0 Å². The lowest BCUT2D eigenvalue weighted by Gasteiger charge is -2.35.